The van der Waals surface area contributed by atoms with E-state index in [2.05, 4.69) is 10.0 Å². The molecule has 0 heterocycles. The fourth-order valence-electron chi connectivity index (χ4n) is 3.12. The van der Waals surface area contributed by atoms with Gasteiger partial charge in [0, 0.05) is 17.3 Å². The highest BCUT2D eigenvalue weighted by Crippen LogP contribution is 2.21. The number of nitrogens with one attached hydrogen (secondary N) is 2. The first-order chi connectivity index (χ1) is 13.0. The predicted molar refractivity (Wildman–Crippen MR) is 105 cm³/mol. The molecule has 0 bridgehead atoms. The quantitative estimate of drug-likeness (QED) is 0.760. The van der Waals surface area contributed by atoms with Gasteiger partial charge < -0.3 is 10.1 Å². The Labute approximate surface area is 160 Å². The lowest BCUT2D eigenvalue weighted by Crippen LogP contribution is -2.32. The number of anilines is 1. The van der Waals surface area contributed by atoms with Crippen LogP contribution >= 0.6 is 0 Å². The highest BCUT2D eigenvalue weighted by Gasteiger charge is 2.19. The molecule has 0 saturated heterocycles. The molecule has 1 aliphatic carbocycles. The minimum atomic E-state index is -3.73. The number of carbonyl (C=O) groups is 1. The molecule has 1 amide bonds. The second-order valence-corrected chi connectivity index (χ2v) is 8.22. The van der Waals surface area contributed by atoms with E-state index in [-0.39, 0.29) is 16.8 Å². The first kappa shape index (κ1) is 19.2. The van der Waals surface area contributed by atoms with Crippen LogP contribution in [-0.2, 0) is 10.0 Å². The van der Waals surface area contributed by atoms with E-state index in [1.807, 2.05) is 6.92 Å². The van der Waals surface area contributed by atoms with E-state index in [0.717, 1.165) is 25.7 Å². The van der Waals surface area contributed by atoms with E-state index >= 15 is 0 Å². The van der Waals surface area contributed by atoms with Crippen LogP contribution in [-0.4, -0.2) is 27.0 Å². The van der Waals surface area contributed by atoms with E-state index in [1.165, 1.54) is 24.3 Å². The van der Waals surface area contributed by atoms with Crippen molar-refractivity contribution in [3.05, 3.63) is 54.1 Å². The Balaban J connectivity index is 1.66. The maximum Gasteiger partial charge on any atom is 0.261 e. The summed E-state index contributed by atoms with van der Waals surface area (Å²) in [6.07, 6.45) is 4.28. The highest BCUT2D eigenvalue weighted by molar-refractivity contribution is 7.92. The SMILES string of the molecule is CCOc1ccc(NS(=O)(=O)c2ccc(C(=O)NC3CCCC3)cc2)cc1. The summed E-state index contributed by atoms with van der Waals surface area (Å²) >= 11 is 0. The zero-order valence-electron chi connectivity index (χ0n) is 15.3. The average Bonchev–Trinajstić information content (AvgIpc) is 3.16. The lowest BCUT2D eigenvalue weighted by atomic mass is 10.2. The van der Waals surface area contributed by atoms with Crippen LogP contribution < -0.4 is 14.8 Å². The van der Waals surface area contributed by atoms with Gasteiger partial charge in [-0.15, -0.1) is 0 Å². The first-order valence-electron chi connectivity index (χ1n) is 9.14. The van der Waals surface area contributed by atoms with Crippen molar-refractivity contribution >= 4 is 21.6 Å². The summed E-state index contributed by atoms with van der Waals surface area (Å²) < 4.78 is 32.9. The smallest absolute Gasteiger partial charge is 0.261 e. The molecule has 7 heteroatoms. The summed E-state index contributed by atoms with van der Waals surface area (Å²) in [6, 6.07) is 12.9. The molecule has 2 aromatic rings. The summed E-state index contributed by atoms with van der Waals surface area (Å²) in [7, 11) is -3.73. The van der Waals surface area contributed by atoms with Crippen molar-refractivity contribution in [3.63, 3.8) is 0 Å². The van der Waals surface area contributed by atoms with Gasteiger partial charge in [0.15, 0.2) is 0 Å². The Morgan fingerprint density at radius 1 is 1.04 bits per heavy atom. The molecule has 0 radical (unpaired) electrons. The van der Waals surface area contributed by atoms with Crippen molar-refractivity contribution in [2.24, 2.45) is 0 Å². The summed E-state index contributed by atoms with van der Waals surface area (Å²) in [5.41, 5.74) is 0.906. The van der Waals surface area contributed by atoms with Gasteiger partial charge in [-0.05, 0) is 68.3 Å². The van der Waals surface area contributed by atoms with Crippen molar-refractivity contribution in [1.82, 2.24) is 5.32 Å². The molecule has 6 nitrogen and oxygen atoms in total. The molecule has 0 atom stereocenters. The largest absolute Gasteiger partial charge is 0.494 e. The van der Waals surface area contributed by atoms with E-state index in [4.69, 9.17) is 4.74 Å². The standard InChI is InChI=1S/C20H24N2O4S/c1-2-26-18-11-9-17(10-12-18)22-27(24,25)19-13-7-15(8-14-19)20(23)21-16-5-3-4-6-16/h7-14,16,22H,2-6H2,1H3,(H,21,23). The maximum atomic E-state index is 12.5. The van der Waals surface area contributed by atoms with Crippen molar-refractivity contribution in [2.45, 2.75) is 43.5 Å². The summed E-state index contributed by atoms with van der Waals surface area (Å²) in [4.78, 5) is 12.4. The molecule has 1 aliphatic rings. The van der Waals surface area contributed by atoms with E-state index < -0.39 is 10.0 Å². The molecule has 144 valence electrons. The number of carbonyl (C=O) groups excluding carboxylic acids is 1. The number of hydrogen-bond acceptors (Lipinski definition) is 4. The monoisotopic (exact) mass is 388 g/mol. The Bertz CT molecular complexity index is 871. The van der Waals surface area contributed by atoms with Gasteiger partial charge in [0.05, 0.1) is 11.5 Å². The van der Waals surface area contributed by atoms with Crippen molar-refractivity contribution in [3.8, 4) is 5.75 Å². The number of rotatable bonds is 7. The number of hydrogen-bond donors (Lipinski definition) is 2. The molecule has 0 spiro atoms. The van der Waals surface area contributed by atoms with Crippen LogP contribution in [0.15, 0.2) is 53.4 Å². The van der Waals surface area contributed by atoms with Crippen LogP contribution in [0.5, 0.6) is 5.75 Å². The number of amides is 1. The number of ether oxygens (including phenoxy) is 1. The number of sulfonamides is 1. The van der Waals surface area contributed by atoms with E-state index in [1.54, 1.807) is 24.3 Å². The molecule has 2 aromatic carbocycles. The summed E-state index contributed by atoms with van der Waals surface area (Å²) in [6.45, 7) is 2.43. The molecule has 2 N–H and O–H groups in total. The van der Waals surface area contributed by atoms with E-state index in [0.29, 0.717) is 23.6 Å². The molecular formula is C20H24N2O4S. The third-order valence-electron chi connectivity index (χ3n) is 4.53. The molecule has 0 unspecified atom stereocenters. The maximum absolute atomic E-state index is 12.5. The fourth-order valence-corrected chi connectivity index (χ4v) is 4.18. The van der Waals surface area contributed by atoms with Crippen molar-refractivity contribution < 1.29 is 17.9 Å². The zero-order chi connectivity index (χ0) is 19.3. The van der Waals surface area contributed by atoms with Gasteiger partial charge in [0.25, 0.3) is 15.9 Å². The lowest BCUT2D eigenvalue weighted by Gasteiger charge is -2.12. The van der Waals surface area contributed by atoms with Crippen LogP contribution in [0.1, 0.15) is 43.0 Å². The molecular weight excluding hydrogens is 364 g/mol. The molecule has 1 saturated carbocycles. The lowest BCUT2D eigenvalue weighted by molar-refractivity contribution is 0.0938. The van der Waals surface area contributed by atoms with Gasteiger partial charge in [-0.25, -0.2) is 8.42 Å². The molecule has 3 rings (SSSR count). The topological polar surface area (TPSA) is 84.5 Å². The third kappa shape index (κ3) is 5.01. The van der Waals surface area contributed by atoms with Gasteiger partial charge >= 0.3 is 0 Å². The molecule has 27 heavy (non-hydrogen) atoms. The van der Waals surface area contributed by atoms with Crippen LogP contribution in [0.4, 0.5) is 5.69 Å². The first-order valence-corrected chi connectivity index (χ1v) is 10.6. The second-order valence-electron chi connectivity index (χ2n) is 6.54. The number of benzene rings is 2. The van der Waals surface area contributed by atoms with Gasteiger partial charge in [0.1, 0.15) is 5.75 Å². The van der Waals surface area contributed by atoms with Crippen LogP contribution in [0.2, 0.25) is 0 Å². The van der Waals surface area contributed by atoms with Crippen LogP contribution in [0.3, 0.4) is 0 Å². The second kappa shape index (κ2) is 8.43. The van der Waals surface area contributed by atoms with Crippen LogP contribution in [0.25, 0.3) is 0 Å². The van der Waals surface area contributed by atoms with E-state index in [9.17, 15) is 13.2 Å². The highest BCUT2D eigenvalue weighted by atomic mass is 32.2. The van der Waals surface area contributed by atoms with Gasteiger partial charge in [0.2, 0.25) is 0 Å². The third-order valence-corrected chi connectivity index (χ3v) is 5.93. The van der Waals surface area contributed by atoms with Crippen molar-refractivity contribution in [1.29, 1.82) is 0 Å². The normalized spacial score (nSPS) is 14.7. The molecule has 1 fully saturated rings. The Morgan fingerprint density at radius 2 is 1.67 bits per heavy atom. The minimum absolute atomic E-state index is 0.105. The molecule has 0 aromatic heterocycles. The predicted octanol–water partition coefficient (Wildman–Crippen LogP) is 3.56. The minimum Gasteiger partial charge on any atom is -0.494 e. The Morgan fingerprint density at radius 3 is 2.26 bits per heavy atom. The fraction of sp³-hybridized carbons (Fsp3) is 0.350. The Hall–Kier alpha value is -2.54. The Kier molecular flexibility index (Phi) is 6.01. The summed E-state index contributed by atoms with van der Waals surface area (Å²) in [5, 5.41) is 2.99. The zero-order valence-corrected chi connectivity index (χ0v) is 16.1. The van der Waals surface area contributed by atoms with Gasteiger partial charge in [-0.2, -0.15) is 0 Å². The summed E-state index contributed by atoms with van der Waals surface area (Å²) in [5.74, 6) is 0.517. The van der Waals surface area contributed by atoms with Gasteiger partial charge in [-0.1, -0.05) is 12.8 Å². The van der Waals surface area contributed by atoms with Crippen molar-refractivity contribution in [2.75, 3.05) is 11.3 Å². The van der Waals surface area contributed by atoms with Crippen LogP contribution in [0, 0.1) is 0 Å². The van der Waals surface area contributed by atoms with Gasteiger partial charge in [-0.3, -0.25) is 9.52 Å². The average molecular weight is 388 g/mol. The molecule has 0 aliphatic heterocycles.